The van der Waals surface area contributed by atoms with Crippen LogP contribution >= 0.6 is 0 Å². The summed E-state index contributed by atoms with van der Waals surface area (Å²) in [7, 11) is 0. The molecule has 0 aromatic rings. The average molecular weight is 643 g/mol. The predicted octanol–water partition coefficient (Wildman–Crippen LogP) is 13.7. The topological polar surface area (TPSA) is 38.7 Å². The third kappa shape index (κ3) is 26.9. The third-order valence-corrected chi connectivity index (χ3v) is 9.39. The minimum Gasteiger partial charge on any atom is -0.396 e. The molecule has 1 fully saturated rings. The van der Waals surface area contributed by atoms with Gasteiger partial charge in [0.05, 0.1) is 12.7 Å². The van der Waals surface area contributed by atoms with E-state index in [4.69, 9.17) is 9.47 Å². The molecule has 0 radical (unpaired) electrons. The molecule has 0 amide bonds. The van der Waals surface area contributed by atoms with Gasteiger partial charge in [-0.15, -0.1) is 0 Å². The second-order valence-corrected chi connectivity index (χ2v) is 13.8. The van der Waals surface area contributed by atoms with E-state index in [1.165, 1.54) is 141 Å². The quantitative estimate of drug-likeness (QED) is 0.0572. The van der Waals surface area contributed by atoms with Gasteiger partial charge in [-0.05, 0) is 96.3 Å². The van der Waals surface area contributed by atoms with Crippen LogP contribution in [-0.4, -0.2) is 30.2 Å². The van der Waals surface area contributed by atoms with Crippen molar-refractivity contribution in [3.05, 3.63) is 48.6 Å². The summed E-state index contributed by atoms with van der Waals surface area (Å²) in [5.74, 6) is -0.386. The van der Waals surface area contributed by atoms with Crippen molar-refractivity contribution in [2.75, 3.05) is 13.2 Å². The molecule has 1 aliphatic rings. The summed E-state index contributed by atoms with van der Waals surface area (Å²) < 4.78 is 13.1. The number of ether oxygens (including phenoxy) is 2. The highest BCUT2D eigenvalue weighted by atomic mass is 16.7. The Morgan fingerprint density at radius 3 is 1.37 bits per heavy atom. The molecule has 1 unspecified atom stereocenters. The zero-order valence-electron chi connectivity index (χ0n) is 30.9. The highest BCUT2D eigenvalue weighted by molar-refractivity contribution is 4.93. The van der Waals surface area contributed by atoms with Gasteiger partial charge in [-0.25, -0.2) is 0 Å². The Kier molecular flexibility index (Phi) is 31.4. The van der Waals surface area contributed by atoms with Crippen molar-refractivity contribution in [3.63, 3.8) is 0 Å². The number of allylic oxidation sites excluding steroid dienone is 8. The molecule has 1 saturated heterocycles. The van der Waals surface area contributed by atoms with Crippen molar-refractivity contribution in [1.29, 1.82) is 0 Å². The zero-order valence-corrected chi connectivity index (χ0v) is 30.9. The molecule has 0 aliphatic carbocycles. The standard InChI is InChI=1S/C43H78O3/c1-3-5-7-9-11-13-15-17-19-21-23-25-27-29-31-33-38-43(45-41-37-42(46-43)36-35-40-44)39-34-32-30-28-26-24-22-20-18-16-14-12-10-8-6-4-2/h11-14,17-20,42,44H,3-10,15-16,21-41H2,1-2H3/b13-11-,14-12-,19-17-,20-18-. The van der Waals surface area contributed by atoms with Crippen molar-refractivity contribution < 1.29 is 14.6 Å². The molecule has 1 N–H and O–H groups in total. The largest absolute Gasteiger partial charge is 0.396 e. The first kappa shape index (κ1) is 42.9. The number of rotatable bonds is 33. The van der Waals surface area contributed by atoms with Gasteiger partial charge in [-0.1, -0.05) is 140 Å². The Bertz CT molecular complexity index is 688. The summed E-state index contributed by atoms with van der Waals surface area (Å²) in [6, 6.07) is 0. The van der Waals surface area contributed by atoms with Crippen LogP contribution in [-0.2, 0) is 9.47 Å². The summed E-state index contributed by atoms with van der Waals surface area (Å²) >= 11 is 0. The Morgan fingerprint density at radius 2 is 0.935 bits per heavy atom. The van der Waals surface area contributed by atoms with Gasteiger partial charge in [0.2, 0.25) is 0 Å². The first-order valence-corrected chi connectivity index (χ1v) is 20.3. The lowest BCUT2D eigenvalue weighted by molar-refractivity contribution is -0.301. The zero-order chi connectivity index (χ0) is 33.1. The molecule has 0 spiro atoms. The van der Waals surface area contributed by atoms with E-state index >= 15 is 0 Å². The minimum atomic E-state index is -0.386. The molecular weight excluding hydrogens is 564 g/mol. The van der Waals surface area contributed by atoms with E-state index in [-0.39, 0.29) is 18.5 Å². The van der Waals surface area contributed by atoms with Gasteiger partial charge in [-0.2, -0.15) is 0 Å². The lowest BCUT2D eigenvalue weighted by atomic mass is 9.96. The van der Waals surface area contributed by atoms with Crippen molar-refractivity contribution in [2.45, 2.75) is 212 Å². The van der Waals surface area contributed by atoms with Crippen molar-refractivity contribution in [2.24, 2.45) is 0 Å². The molecule has 1 rings (SSSR count). The molecule has 46 heavy (non-hydrogen) atoms. The minimum absolute atomic E-state index is 0.245. The number of hydrogen-bond donors (Lipinski definition) is 1. The van der Waals surface area contributed by atoms with Crippen molar-refractivity contribution in [3.8, 4) is 0 Å². The van der Waals surface area contributed by atoms with Crippen LogP contribution in [0.25, 0.3) is 0 Å². The van der Waals surface area contributed by atoms with Gasteiger partial charge in [0.25, 0.3) is 0 Å². The fourth-order valence-electron chi connectivity index (χ4n) is 6.45. The molecule has 0 aromatic heterocycles. The molecule has 1 atom stereocenters. The fourth-order valence-corrected chi connectivity index (χ4v) is 6.45. The average Bonchev–Trinajstić information content (AvgIpc) is 3.07. The van der Waals surface area contributed by atoms with Crippen molar-refractivity contribution >= 4 is 0 Å². The van der Waals surface area contributed by atoms with Gasteiger partial charge in [0, 0.05) is 19.4 Å². The summed E-state index contributed by atoms with van der Waals surface area (Å²) in [6.45, 7) is 5.59. The first-order chi connectivity index (χ1) is 22.8. The van der Waals surface area contributed by atoms with Crippen LogP contribution in [0.4, 0.5) is 0 Å². The number of aliphatic hydroxyl groups excluding tert-OH is 1. The Balaban J connectivity index is 2.18. The van der Waals surface area contributed by atoms with E-state index in [9.17, 15) is 5.11 Å². The molecule has 0 aromatic carbocycles. The van der Waals surface area contributed by atoms with Crippen LogP contribution in [0, 0.1) is 0 Å². The number of aliphatic hydroxyl groups is 1. The van der Waals surface area contributed by atoms with E-state index < -0.39 is 0 Å². The van der Waals surface area contributed by atoms with E-state index in [1.54, 1.807) is 0 Å². The molecule has 3 nitrogen and oxygen atoms in total. The van der Waals surface area contributed by atoms with E-state index in [1.807, 2.05) is 0 Å². The summed E-state index contributed by atoms with van der Waals surface area (Å²) in [4.78, 5) is 0. The SMILES string of the molecule is CCCCC/C=C\C/C=C\CCCCCCCCC1(CCCCCCCC/C=C\C/C=C\CCCCC)OCCC(CCCO)O1. The van der Waals surface area contributed by atoms with Gasteiger partial charge in [0.15, 0.2) is 5.79 Å². The maximum atomic E-state index is 9.35. The third-order valence-electron chi connectivity index (χ3n) is 9.39. The van der Waals surface area contributed by atoms with E-state index in [0.717, 1.165) is 51.6 Å². The molecule has 1 aliphatic heterocycles. The van der Waals surface area contributed by atoms with Crippen LogP contribution in [0.5, 0.6) is 0 Å². The summed E-state index contributed by atoms with van der Waals surface area (Å²) in [6.07, 6.45) is 54.5. The summed E-state index contributed by atoms with van der Waals surface area (Å²) in [5, 5.41) is 9.35. The van der Waals surface area contributed by atoms with Gasteiger partial charge < -0.3 is 14.6 Å². The Labute approximate surface area is 287 Å². The molecule has 268 valence electrons. The number of unbranched alkanes of at least 4 members (excludes halogenated alkanes) is 18. The van der Waals surface area contributed by atoms with Crippen LogP contribution in [0.1, 0.15) is 200 Å². The molecular formula is C43H78O3. The fraction of sp³-hybridized carbons (Fsp3) is 0.814. The predicted molar refractivity (Wildman–Crippen MR) is 202 cm³/mol. The highest BCUT2D eigenvalue weighted by Gasteiger charge is 2.37. The molecule has 1 heterocycles. The van der Waals surface area contributed by atoms with Crippen molar-refractivity contribution in [1.82, 2.24) is 0 Å². The van der Waals surface area contributed by atoms with E-state index in [0.29, 0.717) is 0 Å². The highest BCUT2D eigenvalue weighted by Crippen LogP contribution is 2.35. The second kappa shape index (κ2) is 33.7. The van der Waals surface area contributed by atoms with Gasteiger partial charge in [0.1, 0.15) is 0 Å². The lowest BCUT2D eigenvalue weighted by Gasteiger charge is -2.42. The Hall–Kier alpha value is -1.16. The normalized spacial score (nSPS) is 17.1. The number of hydrogen-bond acceptors (Lipinski definition) is 3. The maximum absolute atomic E-state index is 9.35. The Morgan fingerprint density at radius 1 is 0.522 bits per heavy atom. The first-order valence-electron chi connectivity index (χ1n) is 20.3. The molecule has 0 bridgehead atoms. The van der Waals surface area contributed by atoms with E-state index in [2.05, 4.69) is 62.5 Å². The van der Waals surface area contributed by atoms with Crippen LogP contribution in [0.2, 0.25) is 0 Å². The van der Waals surface area contributed by atoms with Gasteiger partial charge in [-0.3, -0.25) is 0 Å². The molecule has 0 saturated carbocycles. The lowest BCUT2D eigenvalue weighted by Crippen LogP contribution is -2.45. The van der Waals surface area contributed by atoms with Crippen LogP contribution < -0.4 is 0 Å². The van der Waals surface area contributed by atoms with Crippen LogP contribution in [0.3, 0.4) is 0 Å². The monoisotopic (exact) mass is 643 g/mol. The second-order valence-electron chi connectivity index (χ2n) is 13.8. The van der Waals surface area contributed by atoms with Gasteiger partial charge >= 0.3 is 0 Å². The van der Waals surface area contributed by atoms with Crippen LogP contribution in [0.15, 0.2) is 48.6 Å². The smallest absolute Gasteiger partial charge is 0.168 e. The summed E-state index contributed by atoms with van der Waals surface area (Å²) in [5.41, 5.74) is 0. The maximum Gasteiger partial charge on any atom is 0.168 e. The molecule has 3 heteroatoms.